The highest BCUT2D eigenvalue weighted by Crippen LogP contribution is 2.17. The lowest BCUT2D eigenvalue weighted by Crippen LogP contribution is -1.91. The summed E-state index contributed by atoms with van der Waals surface area (Å²) in [6.07, 6.45) is 12.0. The van der Waals surface area contributed by atoms with Crippen LogP contribution in [0.4, 0.5) is 0 Å². The van der Waals surface area contributed by atoms with E-state index in [1.165, 1.54) is 5.57 Å². The summed E-state index contributed by atoms with van der Waals surface area (Å²) in [7, 11) is 0. The second-order valence-electron chi connectivity index (χ2n) is 4.19. The molecule has 0 saturated heterocycles. The van der Waals surface area contributed by atoms with Crippen molar-refractivity contribution in [3.8, 4) is 0 Å². The van der Waals surface area contributed by atoms with Gasteiger partial charge in [-0.3, -0.25) is 4.99 Å². The fraction of sp³-hybridized carbons (Fsp3) is 0.353. The van der Waals surface area contributed by atoms with Gasteiger partial charge < -0.3 is 0 Å². The topological polar surface area (TPSA) is 12.4 Å². The summed E-state index contributed by atoms with van der Waals surface area (Å²) >= 11 is 0. The third-order valence-corrected chi connectivity index (χ3v) is 2.62. The van der Waals surface area contributed by atoms with Crippen LogP contribution < -0.4 is 0 Å². The largest absolute Gasteiger partial charge is 0.261 e. The molecular formula is C17H25N. The first-order valence-corrected chi connectivity index (χ1v) is 6.40. The van der Waals surface area contributed by atoms with Crippen molar-refractivity contribution in [2.75, 3.05) is 0 Å². The molecule has 0 radical (unpaired) electrons. The molecule has 0 aliphatic carbocycles. The van der Waals surface area contributed by atoms with Gasteiger partial charge in [0.25, 0.3) is 0 Å². The Hall–Kier alpha value is -1.63. The van der Waals surface area contributed by atoms with Crippen LogP contribution in [0, 0.1) is 0 Å². The monoisotopic (exact) mass is 243 g/mol. The summed E-state index contributed by atoms with van der Waals surface area (Å²) in [5.41, 5.74) is 4.31. The molecule has 0 amide bonds. The quantitative estimate of drug-likeness (QED) is 0.323. The maximum Gasteiger partial charge on any atom is 0.0395 e. The second kappa shape index (κ2) is 9.41. The first kappa shape index (κ1) is 16.4. The van der Waals surface area contributed by atoms with Gasteiger partial charge in [-0.2, -0.15) is 0 Å². The molecule has 0 aliphatic rings. The Kier molecular flexibility index (Phi) is 8.55. The molecule has 0 aromatic heterocycles. The average Bonchev–Trinajstić information content (AvgIpc) is 2.36. The third-order valence-electron chi connectivity index (χ3n) is 2.62. The molecule has 0 N–H and O–H groups in total. The van der Waals surface area contributed by atoms with E-state index in [0.29, 0.717) is 0 Å². The van der Waals surface area contributed by atoms with E-state index in [1.807, 2.05) is 33.0 Å². The van der Waals surface area contributed by atoms with Gasteiger partial charge in [0.1, 0.15) is 0 Å². The first-order valence-electron chi connectivity index (χ1n) is 6.40. The van der Waals surface area contributed by atoms with Gasteiger partial charge in [-0.1, -0.05) is 44.4 Å². The summed E-state index contributed by atoms with van der Waals surface area (Å²) in [6, 6.07) is 0. The summed E-state index contributed by atoms with van der Waals surface area (Å²) in [4.78, 5) is 4.46. The van der Waals surface area contributed by atoms with Crippen LogP contribution in [-0.4, -0.2) is 5.71 Å². The van der Waals surface area contributed by atoms with Gasteiger partial charge in [-0.15, -0.1) is 0 Å². The molecule has 1 heteroatoms. The van der Waals surface area contributed by atoms with Gasteiger partial charge in [0.05, 0.1) is 0 Å². The SMILES string of the molecule is C=CC(=C\CC)/C(=C/N=C(C)C(=C)C)C/C=C\C. The fourth-order valence-corrected chi connectivity index (χ4v) is 1.34. The summed E-state index contributed by atoms with van der Waals surface area (Å²) in [5.74, 6) is 0. The second-order valence-corrected chi connectivity index (χ2v) is 4.19. The van der Waals surface area contributed by atoms with Gasteiger partial charge in [0.2, 0.25) is 0 Å². The zero-order chi connectivity index (χ0) is 14.0. The summed E-state index contributed by atoms with van der Waals surface area (Å²) < 4.78 is 0. The number of aliphatic imine (C=N–C) groups is 1. The van der Waals surface area contributed by atoms with Crippen LogP contribution in [0.25, 0.3) is 0 Å². The molecule has 0 saturated carbocycles. The molecule has 0 aromatic rings. The van der Waals surface area contributed by atoms with E-state index < -0.39 is 0 Å². The van der Waals surface area contributed by atoms with E-state index in [-0.39, 0.29) is 0 Å². The highest BCUT2D eigenvalue weighted by Gasteiger charge is 1.99. The lowest BCUT2D eigenvalue weighted by atomic mass is 10.0. The smallest absolute Gasteiger partial charge is 0.0395 e. The molecule has 0 aliphatic heterocycles. The summed E-state index contributed by atoms with van der Waals surface area (Å²) in [6.45, 7) is 15.9. The van der Waals surface area contributed by atoms with Crippen molar-refractivity contribution in [1.29, 1.82) is 0 Å². The van der Waals surface area contributed by atoms with Crippen molar-refractivity contribution in [2.24, 2.45) is 4.99 Å². The van der Waals surface area contributed by atoms with E-state index in [9.17, 15) is 0 Å². The van der Waals surface area contributed by atoms with Crippen molar-refractivity contribution in [3.63, 3.8) is 0 Å². The van der Waals surface area contributed by atoms with E-state index in [4.69, 9.17) is 0 Å². The zero-order valence-corrected chi connectivity index (χ0v) is 12.2. The van der Waals surface area contributed by atoms with Crippen LogP contribution in [0.15, 0.2) is 65.4 Å². The van der Waals surface area contributed by atoms with Crippen LogP contribution in [0.2, 0.25) is 0 Å². The van der Waals surface area contributed by atoms with Crippen molar-refractivity contribution in [2.45, 2.75) is 40.5 Å². The lowest BCUT2D eigenvalue weighted by molar-refractivity contribution is 1.16. The molecule has 0 spiro atoms. The lowest BCUT2D eigenvalue weighted by Gasteiger charge is -2.05. The minimum atomic E-state index is 0.876. The van der Waals surface area contributed by atoms with Gasteiger partial charge in [-0.05, 0) is 50.3 Å². The van der Waals surface area contributed by atoms with Gasteiger partial charge in [-0.25, -0.2) is 0 Å². The van der Waals surface area contributed by atoms with Crippen LogP contribution in [0.1, 0.15) is 40.5 Å². The molecule has 0 atom stereocenters. The molecule has 0 unspecified atom stereocenters. The van der Waals surface area contributed by atoms with Crippen molar-refractivity contribution in [3.05, 3.63) is 60.4 Å². The number of allylic oxidation sites excluding steroid dienone is 7. The van der Waals surface area contributed by atoms with E-state index in [0.717, 1.165) is 29.7 Å². The Bertz CT molecular complexity index is 403. The zero-order valence-electron chi connectivity index (χ0n) is 12.2. The number of nitrogens with zero attached hydrogens (tertiary/aromatic N) is 1. The maximum atomic E-state index is 4.46. The van der Waals surface area contributed by atoms with Crippen LogP contribution in [0.5, 0.6) is 0 Å². The Morgan fingerprint density at radius 1 is 1.28 bits per heavy atom. The van der Waals surface area contributed by atoms with Gasteiger partial charge in [0, 0.05) is 11.9 Å². The Morgan fingerprint density at radius 3 is 2.39 bits per heavy atom. The standard InChI is InChI=1S/C17H25N/c1-7-10-12-17(16(9-3)11-8-2)13-18-15(6)14(4)5/h7,9-11,13H,3-4,8,12H2,1-2,5-6H3/b10-7-,16-11+,17-13+,18-15?. The minimum Gasteiger partial charge on any atom is -0.261 e. The number of hydrogen-bond donors (Lipinski definition) is 0. The third kappa shape index (κ3) is 6.19. The molecule has 98 valence electrons. The maximum absolute atomic E-state index is 4.46. The molecule has 18 heavy (non-hydrogen) atoms. The summed E-state index contributed by atoms with van der Waals surface area (Å²) in [5, 5.41) is 0. The first-order chi connectivity index (χ1) is 8.56. The van der Waals surface area contributed by atoms with Crippen LogP contribution in [0.3, 0.4) is 0 Å². The Labute approximate surface area is 112 Å². The highest BCUT2D eigenvalue weighted by atomic mass is 14.7. The van der Waals surface area contributed by atoms with Crippen LogP contribution >= 0.6 is 0 Å². The van der Waals surface area contributed by atoms with Crippen molar-refractivity contribution >= 4 is 5.71 Å². The Morgan fingerprint density at radius 2 is 1.94 bits per heavy atom. The number of rotatable bonds is 7. The predicted molar refractivity (Wildman–Crippen MR) is 84.0 cm³/mol. The minimum absolute atomic E-state index is 0.876. The molecule has 0 fully saturated rings. The van der Waals surface area contributed by atoms with E-state index in [2.05, 4.69) is 43.3 Å². The molecular weight excluding hydrogens is 218 g/mol. The Balaban J connectivity index is 5.27. The number of hydrogen-bond acceptors (Lipinski definition) is 1. The van der Waals surface area contributed by atoms with E-state index >= 15 is 0 Å². The van der Waals surface area contributed by atoms with Crippen molar-refractivity contribution in [1.82, 2.24) is 0 Å². The van der Waals surface area contributed by atoms with Crippen LogP contribution in [-0.2, 0) is 0 Å². The van der Waals surface area contributed by atoms with E-state index in [1.54, 1.807) is 0 Å². The average molecular weight is 243 g/mol. The van der Waals surface area contributed by atoms with Gasteiger partial charge in [0.15, 0.2) is 0 Å². The molecule has 0 aromatic carbocycles. The van der Waals surface area contributed by atoms with Crippen molar-refractivity contribution < 1.29 is 0 Å². The molecule has 0 rings (SSSR count). The predicted octanol–water partition coefficient (Wildman–Crippen LogP) is 5.40. The molecule has 1 nitrogen and oxygen atoms in total. The molecule has 0 bridgehead atoms. The highest BCUT2D eigenvalue weighted by molar-refractivity contribution is 5.97. The van der Waals surface area contributed by atoms with Gasteiger partial charge >= 0.3 is 0 Å². The fourth-order valence-electron chi connectivity index (χ4n) is 1.34. The molecule has 0 heterocycles. The normalized spacial score (nSPS) is 14.1.